The molecule has 2 heterocycles. The van der Waals surface area contributed by atoms with Gasteiger partial charge < -0.3 is 20.3 Å². The lowest BCUT2D eigenvalue weighted by Crippen LogP contribution is -2.51. The first kappa shape index (κ1) is 25.0. The molecule has 0 radical (unpaired) electrons. The smallest absolute Gasteiger partial charge is 0.442 e. The summed E-state index contributed by atoms with van der Waals surface area (Å²) < 4.78 is 98.2. The molecule has 0 unspecified atom stereocenters. The summed E-state index contributed by atoms with van der Waals surface area (Å²) in [6, 6.07) is 1.83. The maximum atomic E-state index is 14.6. The van der Waals surface area contributed by atoms with E-state index in [1.165, 1.54) is 4.90 Å². The van der Waals surface area contributed by atoms with Crippen LogP contribution in [0.5, 0.6) is 0 Å². The lowest BCUT2D eigenvalue weighted by Gasteiger charge is -2.30. The molecule has 2 N–H and O–H groups in total. The number of nitrogens with zero attached hydrogens (tertiary/aromatic N) is 2. The molecule has 33 heavy (non-hydrogen) atoms. The van der Waals surface area contributed by atoms with E-state index in [1.54, 1.807) is 5.32 Å². The van der Waals surface area contributed by atoms with Gasteiger partial charge in [0, 0.05) is 38.3 Å². The minimum Gasteiger partial charge on any atom is -0.442 e. The average Bonchev–Trinajstić information content (AvgIpc) is 3.11. The molecule has 1 atom stereocenters. The zero-order valence-electron chi connectivity index (χ0n) is 16.6. The number of Topliss-reactive ketones (excluding diaryl/α,β-unsaturated/α-hetero) is 1. The number of halogens is 7. The summed E-state index contributed by atoms with van der Waals surface area (Å²) in [4.78, 5) is 23.6. The zero-order chi connectivity index (χ0) is 24.6. The molecule has 15 heteroatoms. The van der Waals surface area contributed by atoms with Gasteiger partial charge in [-0.2, -0.15) is 22.0 Å². The number of ketones is 1. The van der Waals surface area contributed by atoms with Crippen LogP contribution < -0.4 is 20.4 Å². The number of alkyl halides is 5. The molecule has 182 valence electrons. The van der Waals surface area contributed by atoms with Gasteiger partial charge in [0.2, 0.25) is 0 Å². The maximum absolute atomic E-state index is 14.6. The van der Waals surface area contributed by atoms with E-state index in [-0.39, 0.29) is 17.9 Å². The maximum Gasteiger partial charge on any atom is 0.456 e. The van der Waals surface area contributed by atoms with E-state index in [0.29, 0.717) is 26.2 Å². The van der Waals surface area contributed by atoms with E-state index in [2.05, 4.69) is 17.5 Å². The number of thiocarbonyl (C=S) groups is 1. The van der Waals surface area contributed by atoms with Crippen molar-refractivity contribution >= 4 is 40.5 Å². The minimum absolute atomic E-state index is 0.198. The van der Waals surface area contributed by atoms with Gasteiger partial charge >= 0.3 is 24.0 Å². The number of hydrogen-bond acceptors (Lipinski definition) is 6. The molecule has 1 aromatic carbocycles. The van der Waals surface area contributed by atoms with Crippen LogP contribution in [0.3, 0.4) is 0 Å². The highest BCUT2D eigenvalue weighted by molar-refractivity contribution is 7.80. The van der Waals surface area contributed by atoms with Gasteiger partial charge in [0.1, 0.15) is 11.8 Å². The van der Waals surface area contributed by atoms with Crippen LogP contribution >= 0.6 is 12.2 Å². The van der Waals surface area contributed by atoms with E-state index in [1.807, 2.05) is 0 Å². The van der Waals surface area contributed by atoms with Gasteiger partial charge in [0.25, 0.3) is 0 Å². The lowest BCUT2D eigenvalue weighted by atomic mass is 10.2. The summed E-state index contributed by atoms with van der Waals surface area (Å²) in [5.74, 6) is -10.2. The third-order valence-electron chi connectivity index (χ3n) is 4.94. The summed E-state index contributed by atoms with van der Waals surface area (Å²) in [6.45, 7) is 0.777. The van der Waals surface area contributed by atoms with Gasteiger partial charge in [-0.1, -0.05) is 12.2 Å². The second-order valence-corrected chi connectivity index (χ2v) is 7.63. The van der Waals surface area contributed by atoms with E-state index in [4.69, 9.17) is 4.74 Å². The van der Waals surface area contributed by atoms with Gasteiger partial charge in [-0.05, 0) is 0 Å². The minimum atomic E-state index is -5.81. The van der Waals surface area contributed by atoms with E-state index in [9.17, 15) is 40.3 Å². The molecule has 2 aliphatic rings. The zero-order valence-corrected chi connectivity index (χ0v) is 17.5. The largest absolute Gasteiger partial charge is 0.456 e. The number of carbonyl (C=O) groups is 2. The number of amides is 1. The molecule has 2 aliphatic heterocycles. The van der Waals surface area contributed by atoms with Crippen LogP contribution in [0.4, 0.5) is 46.9 Å². The van der Waals surface area contributed by atoms with Crippen molar-refractivity contribution in [2.45, 2.75) is 18.2 Å². The highest BCUT2D eigenvalue weighted by atomic mass is 32.1. The van der Waals surface area contributed by atoms with E-state index in [0.717, 1.165) is 17.0 Å². The molecule has 2 saturated heterocycles. The van der Waals surface area contributed by atoms with Crippen molar-refractivity contribution < 1.29 is 45.1 Å². The highest BCUT2D eigenvalue weighted by Crippen LogP contribution is 2.32. The van der Waals surface area contributed by atoms with Crippen LogP contribution in [0.25, 0.3) is 0 Å². The predicted molar refractivity (Wildman–Crippen MR) is 106 cm³/mol. The molecule has 0 spiro atoms. The normalized spacial score (nSPS) is 19.5. The quantitative estimate of drug-likeness (QED) is 0.457. The molecule has 1 amide bonds. The fourth-order valence-electron chi connectivity index (χ4n) is 3.34. The third-order valence-corrected chi connectivity index (χ3v) is 5.34. The second kappa shape index (κ2) is 9.29. The first-order valence-corrected chi connectivity index (χ1v) is 9.93. The molecule has 0 saturated carbocycles. The Morgan fingerprint density at radius 3 is 2.27 bits per heavy atom. The van der Waals surface area contributed by atoms with Crippen molar-refractivity contribution in [3.63, 3.8) is 0 Å². The Morgan fingerprint density at radius 2 is 1.73 bits per heavy atom. The Hall–Kier alpha value is -2.68. The number of anilines is 2. The van der Waals surface area contributed by atoms with Crippen LogP contribution in [0, 0.1) is 11.6 Å². The summed E-state index contributed by atoms with van der Waals surface area (Å²) in [5.41, 5.74) is -0.454. The number of cyclic esters (lactones) is 1. The van der Waals surface area contributed by atoms with Crippen molar-refractivity contribution in [3.05, 3.63) is 23.8 Å². The Balaban J connectivity index is 1.66. The van der Waals surface area contributed by atoms with Crippen molar-refractivity contribution in [2.75, 3.05) is 49.1 Å². The first-order chi connectivity index (χ1) is 15.3. The summed E-state index contributed by atoms with van der Waals surface area (Å²) in [6.07, 6.45) is -8.07. The molecule has 0 aromatic heterocycles. The first-order valence-electron chi connectivity index (χ1n) is 9.53. The Labute approximate surface area is 187 Å². The SMILES string of the molecule is O=C1O[C@@H](CNC(=S)C(F)(F)C(=O)C(F)(F)F)CN1c1cc(F)c(N2CCNCC2)c(F)c1. The molecule has 1 aromatic rings. The number of ether oxygens (including phenoxy) is 1. The molecule has 0 aliphatic carbocycles. The number of rotatable bonds is 6. The Kier molecular flexibility index (Phi) is 7.02. The predicted octanol–water partition coefficient (Wildman–Crippen LogP) is 2.38. The molecule has 0 bridgehead atoms. The number of benzene rings is 1. The van der Waals surface area contributed by atoms with Crippen LogP contribution in [0.1, 0.15) is 0 Å². The van der Waals surface area contributed by atoms with E-state index < -0.39 is 53.2 Å². The van der Waals surface area contributed by atoms with Crippen LogP contribution in [-0.4, -0.2) is 74.3 Å². The fourth-order valence-corrected chi connectivity index (χ4v) is 3.51. The van der Waals surface area contributed by atoms with Crippen molar-refractivity contribution in [1.29, 1.82) is 0 Å². The number of nitrogens with one attached hydrogen (secondary N) is 2. The van der Waals surface area contributed by atoms with Crippen molar-refractivity contribution in [3.8, 4) is 0 Å². The Bertz CT molecular complexity index is 930. The van der Waals surface area contributed by atoms with Crippen molar-refractivity contribution in [1.82, 2.24) is 10.6 Å². The van der Waals surface area contributed by atoms with Gasteiger partial charge in [-0.25, -0.2) is 13.6 Å². The lowest BCUT2D eigenvalue weighted by molar-refractivity contribution is -0.187. The van der Waals surface area contributed by atoms with Gasteiger partial charge in [-0.15, -0.1) is 0 Å². The second-order valence-electron chi connectivity index (χ2n) is 7.22. The molecular weight excluding hydrogens is 485 g/mol. The van der Waals surface area contributed by atoms with Crippen LogP contribution in [0.2, 0.25) is 0 Å². The Morgan fingerprint density at radius 1 is 1.15 bits per heavy atom. The molecular formula is C18H17F7N4O3S. The number of piperazine rings is 1. The van der Waals surface area contributed by atoms with Crippen molar-refractivity contribution in [2.24, 2.45) is 0 Å². The average molecular weight is 502 g/mol. The van der Waals surface area contributed by atoms with Crippen LogP contribution in [-0.2, 0) is 9.53 Å². The topological polar surface area (TPSA) is 73.9 Å². The molecule has 3 rings (SSSR count). The standard InChI is InChI=1S/C18H17F7N4O3S/c19-11-5-9(6-12(20)13(11)28-3-1-26-2-4-28)29-8-10(32-16(29)31)7-27-15(33)17(21,22)14(30)18(23,24)25/h5-6,10,26H,1-4,7-8H2,(H,27,33)/t10-/m0/s1. The van der Waals surface area contributed by atoms with Gasteiger partial charge in [0.15, 0.2) is 16.6 Å². The highest BCUT2D eigenvalue weighted by Gasteiger charge is 2.57. The number of carbonyl (C=O) groups excluding carboxylic acids is 2. The van der Waals surface area contributed by atoms with Crippen LogP contribution in [0.15, 0.2) is 12.1 Å². The summed E-state index contributed by atoms with van der Waals surface area (Å²) in [7, 11) is 0. The fraction of sp³-hybridized carbons (Fsp3) is 0.500. The molecule has 7 nitrogen and oxygen atoms in total. The number of hydrogen-bond donors (Lipinski definition) is 2. The third kappa shape index (κ3) is 5.29. The van der Waals surface area contributed by atoms with Gasteiger partial charge in [0.05, 0.1) is 18.8 Å². The van der Waals surface area contributed by atoms with Gasteiger partial charge in [-0.3, -0.25) is 9.69 Å². The summed E-state index contributed by atoms with van der Waals surface area (Å²) >= 11 is 4.19. The monoisotopic (exact) mass is 502 g/mol. The summed E-state index contributed by atoms with van der Waals surface area (Å²) in [5, 5.41) is 4.82. The molecule has 2 fully saturated rings. The van der Waals surface area contributed by atoms with E-state index >= 15 is 0 Å².